The van der Waals surface area contributed by atoms with E-state index in [2.05, 4.69) is 15.4 Å². The second-order valence-electron chi connectivity index (χ2n) is 5.84. The van der Waals surface area contributed by atoms with E-state index >= 15 is 0 Å². The highest BCUT2D eigenvalue weighted by molar-refractivity contribution is 5.77. The van der Waals surface area contributed by atoms with Crippen molar-refractivity contribution in [1.82, 2.24) is 10.6 Å². The van der Waals surface area contributed by atoms with Crippen LogP contribution in [0.4, 0.5) is 4.39 Å². The van der Waals surface area contributed by atoms with Crippen molar-refractivity contribution in [3.05, 3.63) is 0 Å². The molecule has 10 nitrogen and oxygen atoms in total. The van der Waals surface area contributed by atoms with Gasteiger partial charge in [-0.15, -0.1) is 0 Å². The van der Waals surface area contributed by atoms with Crippen LogP contribution in [0.25, 0.3) is 0 Å². The van der Waals surface area contributed by atoms with Gasteiger partial charge in [-0.25, -0.2) is 4.39 Å². The Morgan fingerprint density at radius 3 is 1.76 bits per heavy atom. The molecule has 0 bridgehead atoms. The number of hydrogen-bond donors (Lipinski definition) is 2. The third-order valence-corrected chi connectivity index (χ3v) is 3.20. The highest BCUT2D eigenvalue weighted by atomic mass is 19.1. The number of hydrogen-bond acceptors (Lipinski definition) is 8. The van der Waals surface area contributed by atoms with Crippen LogP contribution in [-0.4, -0.2) is 111 Å². The Bertz CT molecular complexity index is 404. The number of ether oxygens (including phenoxy) is 6. The number of amides is 2. The summed E-state index contributed by atoms with van der Waals surface area (Å²) in [6, 6.07) is 0. The molecule has 1 atom stereocenters. The van der Waals surface area contributed by atoms with E-state index in [-0.39, 0.29) is 38.2 Å². The Labute approximate surface area is 171 Å². The molecule has 0 aromatic heterocycles. The predicted octanol–water partition coefficient (Wildman–Crippen LogP) is -0.694. The molecule has 0 rings (SSSR count). The van der Waals surface area contributed by atoms with Gasteiger partial charge in [0.1, 0.15) is 12.8 Å². The largest absolute Gasteiger partial charge is 0.377 e. The van der Waals surface area contributed by atoms with Gasteiger partial charge in [-0.3, -0.25) is 9.59 Å². The lowest BCUT2D eigenvalue weighted by molar-refractivity contribution is -0.125. The fourth-order valence-electron chi connectivity index (χ4n) is 1.85. The first-order valence-corrected chi connectivity index (χ1v) is 9.59. The average molecular weight is 426 g/mol. The molecule has 0 aromatic carbocycles. The van der Waals surface area contributed by atoms with Gasteiger partial charge in [-0.2, -0.15) is 0 Å². The summed E-state index contributed by atoms with van der Waals surface area (Å²) in [5, 5.41) is 5.03. The van der Waals surface area contributed by atoms with Gasteiger partial charge in [0.15, 0.2) is 0 Å². The van der Waals surface area contributed by atoms with Crippen LogP contribution in [0.1, 0.15) is 6.92 Å². The first-order valence-electron chi connectivity index (χ1n) is 9.59. The second-order valence-corrected chi connectivity index (χ2v) is 5.84. The van der Waals surface area contributed by atoms with Crippen LogP contribution in [0.15, 0.2) is 0 Å². The van der Waals surface area contributed by atoms with E-state index < -0.39 is 6.17 Å². The molecule has 0 saturated heterocycles. The molecule has 0 heterocycles. The van der Waals surface area contributed by atoms with E-state index in [4.69, 9.17) is 23.7 Å². The minimum atomic E-state index is -1.23. The molecule has 0 spiro atoms. The first-order chi connectivity index (χ1) is 14.1. The van der Waals surface area contributed by atoms with Crippen LogP contribution in [0.3, 0.4) is 0 Å². The van der Waals surface area contributed by atoms with Gasteiger partial charge in [0.25, 0.3) is 0 Å². The number of carbonyl (C=O) groups is 2. The lowest BCUT2D eigenvalue weighted by Gasteiger charge is -2.10. The summed E-state index contributed by atoms with van der Waals surface area (Å²) < 4.78 is 44.3. The zero-order valence-electron chi connectivity index (χ0n) is 17.4. The van der Waals surface area contributed by atoms with Gasteiger partial charge in [0.2, 0.25) is 11.8 Å². The van der Waals surface area contributed by atoms with Crippen molar-refractivity contribution < 1.29 is 42.4 Å². The Morgan fingerprint density at radius 2 is 1.28 bits per heavy atom. The zero-order valence-corrected chi connectivity index (χ0v) is 17.4. The number of rotatable bonds is 21. The molecule has 0 aliphatic carbocycles. The lowest BCUT2D eigenvalue weighted by Crippen LogP contribution is -2.30. The van der Waals surface area contributed by atoms with Gasteiger partial charge in [0, 0.05) is 20.6 Å². The van der Waals surface area contributed by atoms with Crippen molar-refractivity contribution in [1.29, 1.82) is 0 Å². The molecule has 0 aliphatic rings. The number of halogens is 1. The van der Waals surface area contributed by atoms with Crippen LogP contribution < -0.4 is 10.6 Å². The molecule has 2 amide bonds. The molecule has 29 heavy (non-hydrogen) atoms. The highest BCUT2D eigenvalue weighted by Crippen LogP contribution is 1.91. The molecule has 0 fully saturated rings. The van der Waals surface area contributed by atoms with Crippen molar-refractivity contribution in [3.8, 4) is 0 Å². The maximum absolute atomic E-state index is 13.3. The Balaban J connectivity index is 3.13. The van der Waals surface area contributed by atoms with Crippen LogP contribution >= 0.6 is 0 Å². The van der Waals surface area contributed by atoms with Crippen LogP contribution in [-0.2, 0) is 38.0 Å². The van der Waals surface area contributed by atoms with E-state index in [1.165, 1.54) is 14.0 Å². The summed E-state index contributed by atoms with van der Waals surface area (Å²) >= 11 is 0. The molecule has 0 saturated carbocycles. The van der Waals surface area contributed by atoms with Gasteiger partial charge in [-0.05, 0) is 0 Å². The van der Waals surface area contributed by atoms with Crippen molar-refractivity contribution in [2.45, 2.75) is 13.1 Å². The fraction of sp³-hybridized carbons (Fsp3) is 0.889. The highest BCUT2D eigenvalue weighted by Gasteiger charge is 2.06. The summed E-state index contributed by atoms with van der Waals surface area (Å²) in [6.45, 7) is 5.33. The number of nitrogens with one attached hydrogen (secondary N) is 2. The van der Waals surface area contributed by atoms with Gasteiger partial charge in [0.05, 0.1) is 72.6 Å². The summed E-state index contributed by atoms with van der Waals surface area (Å²) in [4.78, 5) is 21.7. The SMILES string of the molecule is COCC(=O)NCCOCCOCCOCCOCCOCC(F)CNC(C)=O. The quantitative estimate of drug-likeness (QED) is 0.232. The molecule has 172 valence electrons. The van der Waals surface area contributed by atoms with Crippen molar-refractivity contribution in [2.24, 2.45) is 0 Å². The Morgan fingerprint density at radius 1 is 0.793 bits per heavy atom. The molecule has 1 unspecified atom stereocenters. The number of alkyl halides is 1. The normalized spacial score (nSPS) is 12.0. The summed E-state index contributed by atoms with van der Waals surface area (Å²) in [5.74, 6) is -0.441. The maximum Gasteiger partial charge on any atom is 0.246 e. The van der Waals surface area contributed by atoms with E-state index in [0.717, 1.165) is 0 Å². The second kappa shape index (κ2) is 21.3. The topological polar surface area (TPSA) is 114 Å². The van der Waals surface area contributed by atoms with Crippen molar-refractivity contribution >= 4 is 11.8 Å². The van der Waals surface area contributed by atoms with Crippen molar-refractivity contribution in [3.63, 3.8) is 0 Å². The molecular weight excluding hydrogens is 391 g/mol. The van der Waals surface area contributed by atoms with Crippen LogP contribution in [0.5, 0.6) is 0 Å². The van der Waals surface area contributed by atoms with Crippen LogP contribution in [0.2, 0.25) is 0 Å². The lowest BCUT2D eigenvalue weighted by atomic mass is 10.4. The number of carbonyl (C=O) groups excluding carboxylic acids is 2. The Kier molecular flexibility index (Phi) is 20.3. The molecule has 0 radical (unpaired) electrons. The summed E-state index contributed by atoms with van der Waals surface area (Å²) in [7, 11) is 1.46. The van der Waals surface area contributed by atoms with E-state index in [9.17, 15) is 14.0 Å². The van der Waals surface area contributed by atoms with E-state index in [1.807, 2.05) is 0 Å². The molecular formula is C18H35FN2O8. The predicted molar refractivity (Wildman–Crippen MR) is 103 cm³/mol. The molecule has 0 aliphatic heterocycles. The minimum absolute atomic E-state index is 0.0442. The van der Waals surface area contributed by atoms with Gasteiger partial charge in [-0.1, -0.05) is 0 Å². The van der Waals surface area contributed by atoms with Gasteiger partial charge >= 0.3 is 0 Å². The first kappa shape index (κ1) is 27.6. The standard InChI is InChI=1S/C18H35FN2O8/c1-16(22)21-13-17(19)14-29-12-11-28-10-9-27-8-7-26-6-5-25-4-3-20-18(23)15-24-2/h17H,3-15H2,1-2H3,(H,20,23)(H,21,22). The van der Waals surface area contributed by atoms with E-state index in [1.54, 1.807) is 0 Å². The summed E-state index contributed by atoms with van der Waals surface area (Å²) in [5.41, 5.74) is 0. The Hall–Kier alpha value is -1.37. The minimum Gasteiger partial charge on any atom is -0.377 e. The van der Waals surface area contributed by atoms with Crippen molar-refractivity contribution in [2.75, 3.05) is 92.9 Å². The maximum atomic E-state index is 13.3. The van der Waals surface area contributed by atoms with Crippen LogP contribution in [0, 0.1) is 0 Å². The molecule has 2 N–H and O–H groups in total. The smallest absolute Gasteiger partial charge is 0.246 e. The molecule has 11 heteroatoms. The third kappa shape index (κ3) is 22.8. The fourth-order valence-corrected chi connectivity index (χ4v) is 1.85. The molecule has 0 aromatic rings. The monoisotopic (exact) mass is 426 g/mol. The van der Waals surface area contributed by atoms with E-state index in [0.29, 0.717) is 59.4 Å². The van der Waals surface area contributed by atoms with Gasteiger partial charge < -0.3 is 39.1 Å². The third-order valence-electron chi connectivity index (χ3n) is 3.20. The zero-order chi connectivity index (χ0) is 21.6. The number of methoxy groups -OCH3 is 1. The summed E-state index contributed by atoms with van der Waals surface area (Å²) in [6.07, 6.45) is -1.23. The average Bonchev–Trinajstić information content (AvgIpc) is 2.68.